The predicted molar refractivity (Wildman–Crippen MR) is 112 cm³/mol. The highest BCUT2D eigenvalue weighted by Crippen LogP contribution is 2.33. The second-order valence-corrected chi connectivity index (χ2v) is 6.55. The summed E-state index contributed by atoms with van der Waals surface area (Å²) in [5.74, 6) is 1.34. The number of benzene rings is 1. The summed E-state index contributed by atoms with van der Waals surface area (Å²) in [5.41, 5.74) is 1.27. The SMILES string of the molecule is CN=C(NCCC1CCCO1)NCC1CCOC1c1ccccc1.I. The van der Waals surface area contributed by atoms with Gasteiger partial charge in [-0.1, -0.05) is 30.3 Å². The van der Waals surface area contributed by atoms with Crippen LogP contribution in [-0.2, 0) is 9.47 Å². The van der Waals surface area contributed by atoms with Gasteiger partial charge < -0.3 is 20.1 Å². The number of guanidine groups is 1. The van der Waals surface area contributed by atoms with E-state index >= 15 is 0 Å². The lowest BCUT2D eigenvalue weighted by molar-refractivity contribution is 0.0915. The van der Waals surface area contributed by atoms with Crippen molar-refractivity contribution in [3.8, 4) is 0 Å². The van der Waals surface area contributed by atoms with Crippen molar-refractivity contribution in [1.82, 2.24) is 10.6 Å². The van der Waals surface area contributed by atoms with Gasteiger partial charge in [-0.15, -0.1) is 24.0 Å². The molecule has 1 aromatic rings. The number of nitrogens with one attached hydrogen (secondary N) is 2. The summed E-state index contributed by atoms with van der Waals surface area (Å²) < 4.78 is 11.6. The normalized spacial score (nSPS) is 26.3. The Morgan fingerprint density at radius 2 is 1.96 bits per heavy atom. The molecule has 2 aliphatic rings. The zero-order valence-corrected chi connectivity index (χ0v) is 17.3. The number of ether oxygens (including phenoxy) is 2. The number of hydrogen-bond donors (Lipinski definition) is 2. The molecule has 2 heterocycles. The summed E-state index contributed by atoms with van der Waals surface area (Å²) in [7, 11) is 1.82. The maximum absolute atomic E-state index is 5.95. The van der Waals surface area contributed by atoms with Crippen LogP contribution in [0.25, 0.3) is 0 Å². The van der Waals surface area contributed by atoms with Crippen LogP contribution < -0.4 is 10.6 Å². The maximum atomic E-state index is 5.95. The van der Waals surface area contributed by atoms with Gasteiger partial charge in [-0.25, -0.2) is 0 Å². The van der Waals surface area contributed by atoms with E-state index in [1.54, 1.807) is 0 Å². The highest BCUT2D eigenvalue weighted by molar-refractivity contribution is 14.0. The molecule has 0 aliphatic carbocycles. The lowest BCUT2D eigenvalue weighted by atomic mass is 9.95. The average Bonchev–Trinajstić information content (AvgIpc) is 3.30. The van der Waals surface area contributed by atoms with Gasteiger partial charge in [0.05, 0.1) is 12.2 Å². The average molecular weight is 459 g/mol. The number of halogens is 1. The molecule has 2 N–H and O–H groups in total. The van der Waals surface area contributed by atoms with Gasteiger partial charge in [-0.3, -0.25) is 4.99 Å². The molecule has 2 fully saturated rings. The molecule has 25 heavy (non-hydrogen) atoms. The summed E-state index contributed by atoms with van der Waals surface area (Å²) in [4.78, 5) is 4.32. The van der Waals surface area contributed by atoms with Crippen molar-refractivity contribution in [2.75, 3.05) is 33.4 Å². The molecule has 3 rings (SSSR count). The fraction of sp³-hybridized carbons (Fsp3) is 0.632. The Kier molecular flexibility index (Phi) is 8.98. The highest BCUT2D eigenvalue weighted by atomic mass is 127. The highest BCUT2D eigenvalue weighted by Gasteiger charge is 2.29. The zero-order chi connectivity index (χ0) is 16.6. The van der Waals surface area contributed by atoms with E-state index in [9.17, 15) is 0 Å². The third-order valence-electron chi connectivity index (χ3n) is 4.88. The molecule has 2 aliphatic heterocycles. The first-order valence-corrected chi connectivity index (χ1v) is 9.09. The third kappa shape index (κ3) is 6.11. The standard InChI is InChI=1S/C19H29N3O2.HI/c1-20-19(21-11-9-17-8-5-12-23-17)22-14-16-10-13-24-18(16)15-6-3-2-4-7-15;/h2-4,6-7,16-18H,5,8-14H2,1H3,(H2,20,21,22);1H. The molecular formula is C19H30IN3O2. The molecular weight excluding hydrogens is 429 g/mol. The molecule has 0 aromatic heterocycles. The van der Waals surface area contributed by atoms with Crippen molar-refractivity contribution < 1.29 is 9.47 Å². The molecule has 0 bridgehead atoms. The van der Waals surface area contributed by atoms with Crippen molar-refractivity contribution in [2.45, 2.75) is 37.9 Å². The second kappa shape index (κ2) is 11.0. The van der Waals surface area contributed by atoms with Crippen LogP contribution >= 0.6 is 24.0 Å². The number of nitrogens with zero attached hydrogens (tertiary/aromatic N) is 1. The zero-order valence-electron chi connectivity index (χ0n) is 14.9. The monoisotopic (exact) mass is 459 g/mol. The van der Waals surface area contributed by atoms with Crippen LogP contribution in [0.4, 0.5) is 0 Å². The van der Waals surface area contributed by atoms with Crippen molar-refractivity contribution >= 4 is 29.9 Å². The van der Waals surface area contributed by atoms with Gasteiger partial charge in [-0.05, 0) is 31.2 Å². The van der Waals surface area contributed by atoms with Gasteiger partial charge in [0.2, 0.25) is 0 Å². The second-order valence-electron chi connectivity index (χ2n) is 6.55. The molecule has 5 nitrogen and oxygen atoms in total. The first-order valence-electron chi connectivity index (χ1n) is 9.09. The van der Waals surface area contributed by atoms with Gasteiger partial charge in [0.1, 0.15) is 0 Å². The largest absolute Gasteiger partial charge is 0.378 e. The fourth-order valence-corrected chi connectivity index (χ4v) is 3.53. The Morgan fingerprint density at radius 3 is 2.68 bits per heavy atom. The van der Waals surface area contributed by atoms with Crippen LogP contribution in [0, 0.1) is 5.92 Å². The van der Waals surface area contributed by atoms with Crippen molar-refractivity contribution in [3.05, 3.63) is 35.9 Å². The lowest BCUT2D eigenvalue weighted by Crippen LogP contribution is -2.41. The minimum atomic E-state index is 0. The van der Waals surface area contributed by atoms with Crippen molar-refractivity contribution in [3.63, 3.8) is 0 Å². The molecule has 1 aromatic carbocycles. The van der Waals surface area contributed by atoms with Crippen LogP contribution in [0.15, 0.2) is 35.3 Å². The minimum absolute atomic E-state index is 0. The molecule has 0 saturated carbocycles. The maximum Gasteiger partial charge on any atom is 0.190 e. The van der Waals surface area contributed by atoms with Crippen LogP contribution in [0.5, 0.6) is 0 Å². The van der Waals surface area contributed by atoms with E-state index in [4.69, 9.17) is 9.47 Å². The molecule has 0 amide bonds. The quantitative estimate of drug-likeness (QED) is 0.390. The van der Waals surface area contributed by atoms with Crippen LogP contribution in [-0.4, -0.2) is 45.4 Å². The molecule has 6 heteroatoms. The summed E-state index contributed by atoms with van der Waals surface area (Å²) in [6, 6.07) is 10.5. The summed E-state index contributed by atoms with van der Waals surface area (Å²) >= 11 is 0. The number of hydrogen-bond acceptors (Lipinski definition) is 3. The van der Waals surface area contributed by atoms with Gasteiger partial charge in [0, 0.05) is 39.3 Å². The van der Waals surface area contributed by atoms with Crippen LogP contribution in [0.3, 0.4) is 0 Å². The van der Waals surface area contributed by atoms with E-state index in [0.29, 0.717) is 12.0 Å². The number of aliphatic imine (C=N–C) groups is 1. The Balaban J connectivity index is 0.00000225. The first-order chi connectivity index (χ1) is 11.9. The Labute approximate surface area is 168 Å². The minimum Gasteiger partial charge on any atom is -0.378 e. The van der Waals surface area contributed by atoms with Crippen LogP contribution in [0.2, 0.25) is 0 Å². The van der Waals surface area contributed by atoms with Gasteiger partial charge >= 0.3 is 0 Å². The molecule has 0 radical (unpaired) electrons. The molecule has 2 saturated heterocycles. The van der Waals surface area contributed by atoms with E-state index in [2.05, 4.69) is 39.9 Å². The van der Waals surface area contributed by atoms with Crippen LogP contribution in [0.1, 0.15) is 37.4 Å². The van der Waals surface area contributed by atoms with E-state index in [1.165, 1.54) is 18.4 Å². The van der Waals surface area contributed by atoms with E-state index in [-0.39, 0.29) is 30.1 Å². The molecule has 140 valence electrons. The van der Waals surface area contributed by atoms with Gasteiger partial charge in [-0.2, -0.15) is 0 Å². The van der Waals surface area contributed by atoms with E-state index in [0.717, 1.165) is 45.1 Å². The number of rotatable bonds is 6. The lowest BCUT2D eigenvalue weighted by Gasteiger charge is -2.21. The fourth-order valence-electron chi connectivity index (χ4n) is 3.53. The van der Waals surface area contributed by atoms with Crippen molar-refractivity contribution in [1.29, 1.82) is 0 Å². The van der Waals surface area contributed by atoms with Gasteiger partial charge in [0.25, 0.3) is 0 Å². The molecule has 3 unspecified atom stereocenters. The Morgan fingerprint density at radius 1 is 1.12 bits per heavy atom. The summed E-state index contributed by atoms with van der Waals surface area (Å²) in [6.45, 7) is 3.52. The predicted octanol–water partition coefficient (Wildman–Crippen LogP) is 3.12. The Hall–Kier alpha value is -0.860. The smallest absolute Gasteiger partial charge is 0.190 e. The first kappa shape index (κ1) is 20.5. The summed E-state index contributed by atoms with van der Waals surface area (Å²) in [5, 5.41) is 6.85. The molecule has 0 spiro atoms. The van der Waals surface area contributed by atoms with Crippen molar-refractivity contribution in [2.24, 2.45) is 10.9 Å². The van der Waals surface area contributed by atoms with E-state index in [1.807, 2.05) is 13.1 Å². The topological polar surface area (TPSA) is 54.9 Å². The third-order valence-corrected chi connectivity index (χ3v) is 4.88. The summed E-state index contributed by atoms with van der Waals surface area (Å²) in [6.07, 6.45) is 5.11. The van der Waals surface area contributed by atoms with Gasteiger partial charge in [0.15, 0.2) is 5.96 Å². The Bertz CT molecular complexity index is 521. The van der Waals surface area contributed by atoms with E-state index < -0.39 is 0 Å². The molecule has 3 atom stereocenters.